The summed E-state index contributed by atoms with van der Waals surface area (Å²) in [6, 6.07) is 18.1. The van der Waals surface area contributed by atoms with Crippen LogP contribution in [-0.4, -0.2) is 30.3 Å². The maximum Gasteiger partial charge on any atom is 0.220 e. The molecule has 2 atom stereocenters. The zero-order valence-electron chi connectivity index (χ0n) is 15.2. The van der Waals surface area contributed by atoms with E-state index in [-0.39, 0.29) is 36.6 Å². The van der Waals surface area contributed by atoms with Crippen LogP contribution in [0.15, 0.2) is 54.6 Å². The molecule has 2 unspecified atom stereocenters. The van der Waals surface area contributed by atoms with E-state index in [0.717, 1.165) is 30.5 Å². The minimum atomic E-state index is -0.0418. The number of carbonyl (C=O) groups excluding carboxylic acids is 2. The number of rotatable bonds is 6. The Labute approximate surface area is 155 Å². The molecule has 2 N–H and O–H groups in total. The molecule has 3 rings (SSSR count). The summed E-state index contributed by atoms with van der Waals surface area (Å²) in [6.45, 7) is 3.09. The second kappa shape index (κ2) is 8.77. The summed E-state index contributed by atoms with van der Waals surface area (Å²) in [6.07, 6.45) is 2.55. The van der Waals surface area contributed by atoms with Gasteiger partial charge >= 0.3 is 0 Å². The highest BCUT2D eigenvalue weighted by atomic mass is 16.2. The van der Waals surface area contributed by atoms with E-state index < -0.39 is 0 Å². The van der Waals surface area contributed by atoms with Crippen molar-refractivity contribution in [3.05, 3.63) is 60.2 Å². The SMILES string of the molecule is CC1NCCCC1NC(=O)CCC(=O)c1ccc(-c2ccccc2)cc1. The molecule has 26 heavy (non-hydrogen) atoms. The van der Waals surface area contributed by atoms with Crippen LogP contribution >= 0.6 is 0 Å². The van der Waals surface area contributed by atoms with Gasteiger partial charge in [-0.05, 0) is 37.4 Å². The Balaban J connectivity index is 1.51. The van der Waals surface area contributed by atoms with Crippen molar-refractivity contribution in [1.82, 2.24) is 10.6 Å². The van der Waals surface area contributed by atoms with Crippen LogP contribution in [0.2, 0.25) is 0 Å². The number of Topliss-reactive ketones (excluding diaryl/α,β-unsaturated/α-hetero) is 1. The van der Waals surface area contributed by atoms with Crippen LogP contribution in [0.3, 0.4) is 0 Å². The first kappa shape index (κ1) is 18.3. The number of benzene rings is 2. The second-order valence-electron chi connectivity index (χ2n) is 6.93. The summed E-state index contributed by atoms with van der Waals surface area (Å²) in [5.41, 5.74) is 2.87. The average molecular weight is 350 g/mol. The van der Waals surface area contributed by atoms with Crippen molar-refractivity contribution in [3.63, 3.8) is 0 Å². The van der Waals surface area contributed by atoms with Crippen molar-refractivity contribution in [3.8, 4) is 11.1 Å². The van der Waals surface area contributed by atoms with Crippen molar-refractivity contribution in [2.75, 3.05) is 6.54 Å². The molecule has 1 fully saturated rings. The summed E-state index contributed by atoms with van der Waals surface area (Å²) in [4.78, 5) is 24.5. The monoisotopic (exact) mass is 350 g/mol. The highest BCUT2D eigenvalue weighted by Gasteiger charge is 2.22. The minimum Gasteiger partial charge on any atom is -0.352 e. The van der Waals surface area contributed by atoms with Gasteiger partial charge in [-0.2, -0.15) is 0 Å². The van der Waals surface area contributed by atoms with Gasteiger partial charge in [0.2, 0.25) is 5.91 Å². The summed E-state index contributed by atoms with van der Waals surface area (Å²) in [5, 5.41) is 6.42. The summed E-state index contributed by atoms with van der Waals surface area (Å²) in [7, 11) is 0. The lowest BCUT2D eigenvalue weighted by Crippen LogP contribution is -2.51. The largest absolute Gasteiger partial charge is 0.352 e. The molecule has 0 aliphatic carbocycles. The summed E-state index contributed by atoms with van der Waals surface area (Å²) < 4.78 is 0. The quantitative estimate of drug-likeness (QED) is 0.783. The van der Waals surface area contributed by atoms with E-state index >= 15 is 0 Å². The molecule has 1 aliphatic heterocycles. The van der Waals surface area contributed by atoms with E-state index in [2.05, 4.69) is 17.6 Å². The highest BCUT2D eigenvalue weighted by molar-refractivity contribution is 5.98. The van der Waals surface area contributed by atoms with E-state index in [0.29, 0.717) is 5.56 Å². The first-order chi connectivity index (χ1) is 12.6. The van der Waals surface area contributed by atoms with Crippen molar-refractivity contribution in [1.29, 1.82) is 0 Å². The lowest BCUT2D eigenvalue weighted by atomic mass is 9.99. The number of hydrogen-bond donors (Lipinski definition) is 2. The van der Waals surface area contributed by atoms with Gasteiger partial charge in [0.05, 0.1) is 0 Å². The maximum absolute atomic E-state index is 12.4. The average Bonchev–Trinajstić information content (AvgIpc) is 2.69. The third-order valence-corrected chi connectivity index (χ3v) is 5.00. The van der Waals surface area contributed by atoms with Gasteiger partial charge in [0.15, 0.2) is 5.78 Å². The van der Waals surface area contributed by atoms with Gasteiger partial charge in [-0.15, -0.1) is 0 Å². The molecule has 1 saturated heterocycles. The Bertz CT molecular complexity index is 740. The van der Waals surface area contributed by atoms with E-state index in [1.165, 1.54) is 0 Å². The van der Waals surface area contributed by atoms with Gasteiger partial charge in [0.1, 0.15) is 0 Å². The standard InChI is InChI=1S/C22H26N2O2/c1-16-20(8-5-15-23-16)24-22(26)14-13-21(25)19-11-9-18(10-12-19)17-6-3-2-4-7-17/h2-4,6-7,9-12,16,20,23H,5,8,13-15H2,1H3,(H,24,26). The Kier molecular flexibility index (Phi) is 6.18. The zero-order chi connectivity index (χ0) is 18.4. The Hall–Kier alpha value is -2.46. The number of piperidine rings is 1. The van der Waals surface area contributed by atoms with Crippen LogP contribution in [0.5, 0.6) is 0 Å². The zero-order valence-corrected chi connectivity index (χ0v) is 15.2. The molecule has 1 aliphatic rings. The van der Waals surface area contributed by atoms with E-state index in [1.807, 2.05) is 54.6 Å². The Morgan fingerprint density at radius 3 is 2.38 bits per heavy atom. The van der Waals surface area contributed by atoms with Crippen molar-refractivity contribution in [2.24, 2.45) is 0 Å². The second-order valence-corrected chi connectivity index (χ2v) is 6.93. The molecule has 136 valence electrons. The summed E-state index contributed by atoms with van der Waals surface area (Å²) in [5.74, 6) is -0.0330. The van der Waals surface area contributed by atoms with Gasteiger partial charge in [0, 0.05) is 30.5 Å². The van der Waals surface area contributed by atoms with E-state index in [9.17, 15) is 9.59 Å². The van der Waals surface area contributed by atoms with Crippen LogP contribution in [0, 0.1) is 0 Å². The molecule has 1 amide bonds. The third-order valence-electron chi connectivity index (χ3n) is 5.00. The van der Waals surface area contributed by atoms with Crippen LogP contribution in [0.25, 0.3) is 11.1 Å². The molecule has 0 spiro atoms. The van der Waals surface area contributed by atoms with Gasteiger partial charge in [-0.3, -0.25) is 9.59 Å². The van der Waals surface area contributed by atoms with Gasteiger partial charge in [-0.1, -0.05) is 54.6 Å². The number of hydrogen-bond acceptors (Lipinski definition) is 3. The number of ketones is 1. The molecule has 2 aromatic rings. The van der Waals surface area contributed by atoms with Crippen molar-refractivity contribution >= 4 is 11.7 Å². The van der Waals surface area contributed by atoms with Crippen LogP contribution in [-0.2, 0) is 4.79 Å². The molecule has 0 bridgehead atoms. The van der Waals surface area contributed by atoms with Crippen LogP contribution in [0.4, 0.5) is 0 Å². The van der Waals surface area contributed by atoms with Gasteiger partial charge in [0.25, 0.3) is 0 Å². The van der Waals surface area contributed by atoms with E-state index in [1.54, 1.807) is 0 Å². The molecular weight excluding hydrogens is 324 g/mol. The molecule has 2 aromatic carbocycles. The van der Waals surface area contributed by atoms with Crippen molar-refractivity contribution < 1.29 is 9.59 Å². The maximum atomic E-state index is 12.4. The van der Waals surface area contributed by atoms with Crippen LogP contribution in [0.1, 0.15) is 43.0 Å². The molecule has 0 saturated carbocycles. The minimum absolute atomic E-state index is 0.00887. The molecule has 1 heterocycles. The topological polar surface area (TPSA) is 58.2 Å². The first-order valence-electron chi connectivity index (χ1n) is 9.35. The third kappa shape index (κ3) is 4.79. The predicted octanol–water partition coefficient (Wildman–Crippen LogP) is 3.57. The normalized spacial score (nSPS) is 19.7. The number of carbonyl (C=O) groups is 2. The number of nitrogens with one attached hydrogen (secondary N) is 2. The fourth-order valence-corrected chi connectivity index (χ4v) is 3.37. The smallest absolute Gasteiger partial charge is 0.220 e. The van der Waals surface area contributed by atoms with E-state index in [4.69, 9.17) is 0 Å². The lowest BCUT2D eigenvalue weighted by molar-refractivity contribution is -0.122. The first-order valence-corrected chi connectivity index (χ1v) is 9.35. The van der Waals surface area contributed by atoms with Crippen LogP contribution < -0.4 is 10.6 Å². The highest BCUT2D eigenvalue weighted by Crippen LogP contribution is 2.20. The van der Waals surface area contributed by atoms with Gasteiger partial charge in [-0.25, -0.2) is 0 Å². The number of amides is 1. The molecule has 0 aromatic heterocycles. The molecule has 0 radical (unpaired) electrons. The lowest BCUT2D eigenvalue weighted by Gasteiger charge is -2.30. The fourth-order valence-electron chi connectivity index (χ4n) is 3.37. The van der Waals surface area contributed by atoms with Gasteiger partial charge < -0.3 is 10.6 Å². The Morgan fingerprint density at radius 2 is 1.69 bits per heavy atom. The molecular formula is C22H26N2O2. The van der Waals surface area contributed by atoms with Crippen molar-refractivity contribution in [2.45, 2.75) is 44.7 Å². The molecule has 4 heteroatoms. The molecule has 4 nitrogen and oxygen atoms in total. The predicted molar refractivity (Wildman–Crippen MR) is 104 cm³/mol. The summed E-state index contributed by atoms with van der Waals surface area (Å²) >= 11 is 0. The Morgan fingerprint density at radius 1 is 1.00 bits per heavy atom. The fraction of sp³-hybridized carbons (Fsp3) is 0.364.